The average molecular weight is 456 g/mol. The Kier molecular flexibility index (Phi) is 6.39. The van der Waals surface area contributed by atoms with E-state index in [1.165, 1.54) is 11.3 Å². The van der Waals surface area contributed by atoms with E-state index in [0.717, 1.165) is 11.3 Å². The third-order valence-electron chi connectivity index (χ3n) is 4.98. The van der Waals surface area contributed by atoms with Crippen molar-refractivity contribution in [3.8, 4) is 0 Å². The van der Waals surface area contributed by atoms with Crippen LogP contribution in [0.15, 0.2) is 53.9 Å². The van der Waals surface area contributed by atoms with Crippen LogP contribution in [0.3, 0.4) is 0 Å². The molecule has 1 aliphatic rings. The van der Waals surface area contributed by atoms with Gasteiger partial charge in [0.15, 0.2) is 5.13 Å². The van der Waals surface area contributed by atoms with Gasteiger partial charge >= 0.3 is 6.03 Å². The predicted octanol–water partition coefficient (Wildman–Crippen LogP) is 4.71. The van der Waals surface area contributed by atoms with E-state index in [2.05, 4.69) is 20.5 Å². The maximum absolute atomic E-state index is 12.8. The molecular weight excluding hydrogens is 434 g/mol. The number of nitrogens with one attached hydrogen (secondary N) is 2. The van der Waals surface area contributed by atoms with Crippen molar-refractivity contribution in [3.05, 3.63) is 70.2 Å². The molecule has 4 rings (SSSR count). The standard InChI is InChI=1S/C22H22ClN5O2S/c1-15-5-4-6-16(13-15)24-21(30)26-22-25-18(14-31-22)20(29)28-11-9-27(10-12-28)19-8-3-2-7-17(19)23/h2-8,13-14H,9-12H2,1H3,(H2,24,25,26,30). The van der Waals surface area contributed by atoms with Crippen molar-refractivity contribution in [1.82, 2.24) is 9.88 Å². The number of aromatic nitrogens is 1. The summed E-state index contributed by atoms with van der Waals surface area (Å²) < 4.78 is 0. The highest BCUT2D eigenvalue weighted by atomic mass is 35.5. The molecule has 2 aromatic carbocycles. The summed E-state index contributed by atoms with van der Waals surface area (Å²) in [4.78, 5) is 33.3. The highest BCUT2D eigenvalue weighted by molar-refractivity contribution is 7.14. The number of thiazole rings is 1. The molecule has 2 heterocycles. The smallest absolute Gasteiger partial charge is 0.325 e. The fourth-order valence-electron chi connectivity index (χ4n) is 3.43. The summed E-state index contributed by atoms with van der Waals surface area (Å²) in [7, 11) is 0. The molecule has 2 N–H and O–H groups in total. The van der Waals surface area contributed by atoms with E-state index in [9.17, 15) is 9.59 Å². The van der Waals surface area contributed by atoms with Crippen molar-refractivity contribution in [2.24, 2.45) is 0 Å². The first kappa shape index (κ1) is 21.1. The van der Waals surface area contributed by atoms with E-state index in [1.807, 2.05) is 55.5 Å². The van der Waals surface area contributed by atoms with Gasteiger partial charge in [-0.1, -0.05) is 35.9 Å². The molecule has 3 aromatic rings. The van der Waals surface area contributed by atoms with Crippen LogP contribution in [0.2, 0.25) is 5.02 Å². The van der Waals surface area contributed by atoms with Crippen molar-refractivity contribution in [3.63, 3.8) is 0 Å². The zero-order valence-corrected chi connectivity index (χ0v) is 18.5. The second-order valence-electron chi connectivity index (χ2n) is 7.22. The van der Waals surface area contributed by atoms with E-state index in [1.54, 1.807) is 10.3 Å². The van der Waals surface area contributed by atoms with Gasteiger partial charge in [0.2, 0.25) is 0 Å². The second kappa shape index (κ2) is 9.36. The zero-order valence-electron chi connectivity index (χ0n) is 17.0. The summed E-state index contributed by atoms with van der Waals surface area (Å²) in [6.07, 6.45) is 0. The molecule has 0 bridgehead atoms. The van der Waals surface area contributed by atoms with Crippen molar-refractivity contribution >= 4 is 51.4 Å². The van der Waals surface area contributed by atoms with E-state index in [4.69, 9.17) is 11.6 Å². The Bertz CT molecular complexity index is 1090. The highest BCUT2D eigenvalue weighted by Gasteiger charge is 2.25. The Balaban J connectivity index is 1.32. The molecule has 7 nitrogen and oxygen atoms in total. The molecule has 1 saturated heterocycles. The number of rotatable bonds is 4. The maximum atomic E-state index is 12.8. The Labute approximate surface area is 189 Å². The van der Waals surface area contributed by atoms with E-state index in [0.29, 0.717) is 47.7 Å². The normalized spacial score (nSPS) is 13.7. The largest absolute Gasteiger partial charge is 0.367 e. The van der Waals surface area contributed by atoms with Crippen molar-refractivity contribution in [2.75, 3.05) is 41.7 Å². The van der Waals surface area contributed by atoms with Crippen LogP contribution in [-0.4, -0.2) is 48.0 Å². The van der Waals surface area contributed by atoms with Gasteiger partial charge in [-0.3, -0.25) is 10.1 Å². The molecule has 1 aliphatic heterocycles. The zero-order chi connectivity index (χ0) is 21.8. The summed E-state index contributed by atoms with van der Waals surface area (Å²) in [5.74, 6) is -0.137. The molecule has 0 atom stereocenters. The van der Waals surface area contributed by atoms with Crippen LogP contribution in [0.1, 0.15) is 16.1 Å². The van der Waals surface area contributed by atoms with E-state index < -0.39 is 6.03 Å². The number of carbonyl (C=O) groups excluding carboxylic acids is 2. The first-order chi connectivity index (χ1) is 15.0. The predicted molar refractivity (Wildman–Crippen MR) is 126 cm³/mol. The molecule has 1 aromatic heterocycles. The number of urea groups is 1. The number of hydrogen-bond acceptors (Lipinski definition) is 5. The monoisotopic (exact) mass is 455 g/mol. The minimum absolute atomic E-state index is 0.137. The Morgan fingerprint density at radius 1 is 1.03 bits per heavy atom. The second-order valence-corrected chi connectivity index (χ2v) is 8.48. The number of aryl methyl sites for hydroxylation is 1. The molecule has 0 saturated carbocycles. The Morgan fingerprint density at radius 3 is 2.55 bits per heavy atom. The minimum atomic E-state index is -0.396. The summed E-state index contributed by atoms with van der Waals surface area (Å²) >= 11 is 7.51. The van der Waals surface area contributed by atoms with Crippen LogP contribution in [0.25, 0.3) is 0 Å². The molecule has 160 valence electrons. The van der Waals surface area contributed by atoms with Crippen LogP contribution < -0.4 is 15.5 Å². The first-order valence-corrected chi connectivity index (χ1v) is 11.1. The summed E-state index contributed by atoms with van der Waals surface area (Å²) in [5.41, 5.74) is 3.06. The topological polar surface area (TPSA) is 77.6 Å². The number of carbonyl (C=O) groups is 2. The van der Waals surface area contributed by atoms with Gasteiger partial charge < -0.3 is 15.1 Å². The Morgan fingerprint density at radius 2 is 1.81 bits per heavy atom. The van der Waals surface area contributed by atoms with Gasteiger partial charge in [-0.15, -0.1) is 11.3 Å². The number of benzene rings is 2. The number of nitrogens with zero attached hydrogens (tertiary/aromatic N) is 3. The van der Waals surface area contributed by atoms with Gasteiger partial charge in [0.05, 0.1) is 10.7 Å². The fraction of sp³-hybridized carbons (Fsp3) is 0.227. The van der Waals surface area contributed by atoms with Gasteiger partial charge in [0.25, 0.3) is 5.91 Å². The van der Waals surface area contributed by atoms with E-state index in [-0.39, 0.29) is 5.91 Å². The van der Waals surface area contributed by atoms with Gasteiger partial charge in [-0.25, -0.2) is 9.78 Å². The molecule has 9 heteroatoms. The quantitative estimate of drug-likeness (QED) is 0.597. The number of para-hydroxylation sites is 1. The third kappa shape index (κ3) is 5.15. The molecule has 0 spiro atoms. The molecular formula is C22H22ClN5O2S. The van der Waals surface area contributed by atoms with Crippen molar-refractivity contribution in [1.29, 1.82) is 0 Å². The minimum Gasteiger partial charge on any atom is -0.367 e. The summed E-state index contributed by atoms with van der Waals surface area (Å²) in [6, 6.07) is 14.8. The lowest BCUT2D eigenvalue weighted by Gasteiger charge is -2.36. The molecule has 1 fully saturated rings. The SMILES string of the molecule is Cc1cccc(NC(=O)Nc2nc(C(=O)N3CCN(c4ccccc4Cl)CC3)cs2)c1. The first-order valence-electron chi connectivity index (χ1n) is 9.88. The molecule has 0 unspecified atom stereocenters. The fourth-order valence-corrected chi connectivity index (χ4v) is 4.37. The maximum Gasteiger partial charge on any atom is 0.325 e. The van der Waals surface area contributed by atoms with Crippen molar-refractivity contribution in [2.45, 2.75) is 6.92 Å². The number of piperazine rings is 1. The van der Waals surface area contributed by atoms with Gasteiger partial charge in [-0.05, 0) is 36.8 Å². The van der Waals surface area contributed by atoms with Crippen LogP contribution >= 0.6 is 22.9 Å². The van der Waals surface area contributed by atoms with Crippen LogP contribution in [-0.2, 0) is 0 Å². The molecule has 31 heavy (non-hydrogen) atoms. The average Bonchev–Trinajstić information content (AvgIpc) is 3.22. The lowest BCUT2D eigenvalue weighted by molar-refractivity contribution is 0.0741. The summed E-state index contributed by atoms with van der Waals surface area (Å²) in [5, 5.41) is 8.21. The number of halogens is 1. The van der Waals surface area contributed by atoms with Gasteiger partial charge in [0, 0.05) is 37.2 Å². The lowest BCUT2D eigenvalue weighted by Crippen LogP contribution is -2.49. The molecule has 0 radical (unpaired) electrons. The van der Waals surface area contributed by atoms with Gasteiger partial charge in [0.1, 0.15) is 5.69 Å². The molecule has 3 amide bonds. The van der Waals surface area contributed by atoms with Gasteiger partial charge in [-0.2, -0.15) is 0 Å². The van der Waals surface area contributed by atoms with Crippen LogP contribution in [0.4, 0.5) is 21.3 Å². The number of anilines is 3. The lowest BCUT2D eigenvalue weighted by atomic mass is 10.2. The number of hydrogen-bond donors (Lipinski definition) is 2. The molecule has 0 aliphatic carbocycles. The summed E-state index contributed by atoms with van der Waals surface area (Å²) in [6.45, 7) is 4.51. The highest BCUT2D eigenvalue weighted by Crippen LogP contribution is 2.26. The third-order valence-corrected chi connectivity index (χ3v) is 6.06. The van der Waals surface area contributed by atoms with E-state index >= 15 is 0 Å². The van der Waals surface area contributed by atoms with Crippen LogP contribution in [0, 0.1) is 6.92 Å². The van der Waals surface area contributed by atoms with Crippen molar-refractivity contribution < 1.29 is 9.59 Å². The Hall–Kier alpha value is -3.10. The number of amides is 3. The van der Waals surface area contributed by atoms with Crippen LogP contribution in [0.5, 0.6) is 0 Å².